The van der Waals surface area contributed by atoms with Gasteiger partial charge in [-0.2, -0.15) is 4.98 Å². The second-order valence-corrected chi connectivity index (χ2v) is 12.9. The molecule has 10 nitrogen and oxygen atoms in total. The van der Waals surface area contributed by atoms with E-state index in [-0.39, 0.29) is 52.9 Å². The molecule has 2 atom stereocenters. The Morgan fingerprint density at radius 3 is 2.57 bits per heavy atom. The lowest BCUT2D eigenvalue weighted by Gasteiger charge is -2.20. The van der Waals surface area contributed by atoms with Crippen LogP contribution in [0, 0.1) is 5.41 Å². The number of rotatable bonds is 9. The Bertz CT molecular complexity index is 2050. The zero-order valence-corrected chi connectivity index (χ0v) is 27.7. The molecule has 0 spiro atoms. The summed E-state index contributed by atoms with van der Waals surface area (Å²) in [4.78, 5) is 11.4. The van der Waals surface area contributed by atoms with Crippen LogP contribution in [0.3, 0.4) is 0 Å². The third-order valence-electron chi connectivity index (χ3n) is 8.77. The van der Waals surface area contributed by atoms with Crippen LogP contribution in [0.2, 0.25) is 15.1 Å². The van der Waals surface area contributed by atoms with E-state index in [1.54, 1.807) is 13.3 Å². The van der Waals surface area contributed by atoms with Crippen molar-refractivity contribution in [3.63, 3.8) is 0 Å². The van der Waals surface area contributed by atoms with Crippen molar-refractivity contribution in [2.45, 2.75) is 44.6 Å². The first-order valence-electron chi connectivity index (χ1n) is 15.3. The predicted octanol–water partition coefficient (Wildman–Crippen LogP) is 6.43. The van der Waals surface area contributed by atoms with Crippen LogP contribution in [-0.4, -0.2) is 62.6 Å². The minimum absolute atomic E-state index is 0.0842. The lowest BCUT2D eigenvalue weighted by Crippen LogP contribution is -2.22. The number of benzene rings is 2. The number of β-amino-alcohol motifs (C(OH)–C–C–N with tert-alkyl or cyclic N) is 1. The highest BCUT2D eigenvalue weighted by Crippen LogP contribution is 2.45. The number of aromatic nitrogens is 3. The molecule has 1 fully saturated rings. The average Bonchev–Trinajstić information content (AvgIpc) is 3.80. The predicted molar refractivity (Wildman–Crippen MR) is 179 cm³/mol. The molecule has 0 unspecified atom stereocenters. The molecule has 0 bridgehead atoms. The number of aliphatic hydroxyl groups is 2. The highest BCUT2D eigenvalue weighted by atomic mass is 35.5. The van der Waals surface area contributed by atoms with Crippen LogP contribution in [-0.2, 0) is 19.5 Å². The number of likely N-dealkylation sites (tertiary alicyclic amines) is 1. The molecule has 3 N–H and O–H groups in total. The van der Waals surface area contributed by atoms with Crippen molar-refractivity contribution in [2.24, 2.45) is 0 Å². The van der Waals surface area contributed by atoms with E-state index in [1.807, 2.05) is 42.5 Å². The van der Waals surface area contributed by atoms with E-state index >= 15 is 0 Å². The lowest BCUT2D eigenvalue weighted by atomic mass is 9.95. The van der Waals surface area contributed by atoms with Gasteiger partial charge in [-0.1, -0.05) is 65.1 Å². The fraction of sp³-hybridized carbons (Fsp3) is 0.324. The van der Waals surface area contributed by atoms with Crippen molar-refractivity contribution in [1.82, 2.24) is 19.4 Å². The van der Waals surface area contributed by atoms with Gasteiger partial charge in [0, 0.05) is 43.5 Å². The lowest BCUT2D eigenvalue weighted by molar-refractivity contribution is 0.174. The number of nitrogens with one attached hydrogen (secondary N) is 1. The molecule has 2 aromatic carbocycles. The molecule has 244 valence electrons. The zero-order chi connectivity index (χ0) is 32.8. The molecule has 1 saturated heterocycles. The van der Waals surface area contributed by atoms with Crippen LogP contribution in [0.25, 0.3) is 33.7 Å². The standard InChI is InChI=1S/C34H32Cl3N5O5/c1-45-32-18(15-41-11-10-19(44)16-41)14-25(35)34(40-32)46-27-9-8-21-20(4-2-5-22(21)27)23-6-3-7-24(28(23)37)33-39-29-30(47-33)26(36)17-42(12-13-43)31(29)38/h2-7,14,17,19,27,38,43-44H,8-13,15-16H2,1H3/t19-,27+/m1/s1. The van der Waals surface area contributed by atoms with Crippen molar-refractivity contribution in [1.29, 1.82) is 5.41 Å². The number of ether oxygens (including phenoxy) is 2. The van der Waals surface area contributed by atoms with Gasteiger partial charge in [0.15, 0.2) is 16.6 Å². The van der Waals surface area contributed by atoms with Gasteiger partial charge in [-0.15, -0.1) is 0 Å². The number of hydrogen-bond donors (Lipinski definition) is 3. The van der Waals surface area contributed by atoms with Gasteiger partial charge in [0.05, 0.1) is 30.4 Å². The molecular formula is C34H32Cl3N5O5. The molecule has 5 aromatic rings. The summed E-state index contributed by atoms with van der Waals surface area (Å²) in [6, 6.07) is 13.6. The van der Waals surface area contributed by atoms with Gasteiger partial charge in [-0.05, 0) is 48.1 Å². The number of methoxy groups -OCH3 is 1. The van der Waals surface area contributed by atoms with E-state index in [2.05, 4.69) is 14.9 Å². The first-order valence-corrected chi connectivity index (χ1v) is 16.5. The minimum atomic E-state index is -0.319. The SMILES string of the molecule is COc1nc(O[C@H]2CCc3c(-c4cccc(-c5nc6c(=N)n(CCO)cc(Cl)c6o5)c4Cl)cccc32)c(Cl)cc1CN1CC[C@@H](O)C1. The van der Waals surface area contributed by atoms with E-state index in [1.165, 1.54) is 4.57 Å². The number of aliphatic hydroxyl groups excluding tert-OH is 2. The summed E-state index contributed by atoms with van der Waals surface area (Å²) in [5.74, 6) is 1.00. The Labute approximate surface area is 285 Å². The van der Waals surface area contributed by atoms with Gasteiger partial charge >= 0.3 is 0 Å². The summed E-state index contributed by atoms with van der Waals surface area (Å²) in [6.07, 6.45) is 3.18. The summed E-state index contributed by atoms with van der Waals surface area (Å²) in [6.45, 7) is 2.05. The van der Waals surface area contributed by atoms with Crippen LogP contribution in [0.4, 0.5) is 0 Å². The van der Waals surface area contributed by atoms with Crippen molar-refractivity contribution in [3.8, 4) is 34.3 Å². The maximum Gasteiger partial charge on any atom is 0.236 e. The fourth-order valence-electron chi connectivity index (χ4n) is 6.53. The molecule has 4 heterocycles. The monoisotopic (exact) mass is 695 g/mol. The molecule has 47 heavy (non-hydrogen) atoms. The number of oxazole rings is 1. The molecule has 2 aliphatic rings. The van der Waals surface area contributed by atoms with Crippen LogP contribution in [0.5, 0.6) is 11.8 Å². The second-order valence-electron chi connectivity index (χ2n) is 11.7. The first-order chi connectivity index (χ1) is 22.7. The van der Waals surface area contributed by atoms with Gasteiger partial charge in [0.1, 0.15) is 16.1 Å². The topological polar surface area (TPSA) is 130 Å². The fourth-order valence-corrected chi connectivity index (χ4v) is 7.31. The second kappa shape index (κ2) is 13.1. The van der Waals surface area contributed by atoms with E-state index in [4.69, 9.17) is 54.1 Å². The normalized spacial score (nSPS) is 17.8. The number of hydrogen-bond acceptors (Lipinski definition) is 9. The number of fused-ring (bicyclic) bond motifs is 2. The number of nitrogens with zero attached hydrogens (tertiary/aromatic N) is 4. The highest BCUT2D eigenvalue weighted by molar-refractivity contribution is 6.36. The molecule has 7 rings (SSSR count). The number of pyridine rings is 2. The van der Waals surface area contributed by atoms with E-state index in [0.29, 0.717) is 40.5 Å². The molecule has 1 aliphatic carbocycles. The van der Waals surface area contributed by atoms with Crippen molar-refractivity contribution < 1.29 is 24.1 Å². The minimum Gasteiger partial charge on any atom is -0.481 e. The van der Waals surface area contributed by atoms with Gasteiger partial charge in [-0.25, -0.2) is 4.98 Å². The summed E-state index contributed by atoms with van der Waals surface area (Å²) in [5, 5.41) is 29.0. The molecule has 0 amide bonds. The number of halogens is 3. The smallest absolute Gasteiger partial charge is 0.236 e. The molecule has 3 aromatic heterocycles. The molecule has 1 aliphatic heterocycles. The largest absolute Gasteiger partial charge is 0.481 e. The summed E-state index contributed by atoms with van der Waals surface area (Å²) in [7, 11) is 1.58. The molecule has 13 heteroatoms. The van der Waals surface area contributed by atoms with Gasteiger partial charge in [0.2, 0.25) is 17.7 Å². The highest BCUT2D eigenvalue weighted by Gasteiger charge is 2.30. The maximum atomic E-state index is 9.92. The van der Waals surface area contributed by atoms with Gasteiger partial charge in [0.25, 0.3) is 0 Å². The Morgan fingerprint density at radius 1 is 1.02 bits per heavy atom. The zero-order valence-electron chi connectivity index (χ0n) is 25.5. The van der Waals surface area contributed by atoms with Crippen molar-refractivity contribution >= 4 is 45.9 Å². The maximum absolute atomic E-state index is 9.92. The Hall–Kier alpha value is -3.64. The molecule has 0 radical (unpaired) electrons. The van der Waals surface area contributed by atoms with E-state index in [0.717, 1.165) is 53.6 Å². The quantitative estimate of drug-likeness (QED) is 0.161. The molecule has 0 saturated carbocycles. The average molecular weight is 697 g/mol. The third-order valence-corrected chi connectivity index (χ3v) is 9.72. The van der Waals surface area contributed by atoms with Crippen LogP contribution in [0.15, 0.2) is 53.1 Å². The van der Waals surface area contributed by atoms with Gasteiger partial charge < -0.3 is 28.7 Å². The van der Waals surface area contributed by atoms with E-state index < -0.39 is 0 Å². The van der Waals surface area contributed by atoms with Crippen LogP contribution >= 0.6 is 34.8 Å². The summed E-state index contributed by atoms with van der Waals surface area (Å²) < 4.78 is 19.6. The van der Waals surface area contributed by atoms with Crippen LogP contribution in [0.1, 0.15) is 35.6 Å². The van der Waals surface area contributed by atoms with Crippen LogP contribution < -0.4 is 15.0 Å². The third kappa shape index (κ3) is 5.99. The Kier molecular flexibility index (Phi) is 8.90. The van der Waals surface area contributed by atoms with Crippen molar-refractivity contribution in [3.05, 3.63) is 85.9 Å². The van der Waals surface area contributed by atoms with Crippen molar-refractivity contribution in [2.75, 3.05) is 26.8 Å². The first kappa shape index (κ1) is 31.9. The van der Waals surface area contributed by atoms with E-state index in [9.17, 15) is 10.2 Å². The Balaban J connectivity index is 1.19. The summed E-state index contributed by atoms with van der Waals surface area (Å²) in [5.41, 5.74) is 5.99. The van der Waals surface area contributed by atoms with Gasteiger partial charge in [-0.3, -0.25) is 10.3 Å². The molecular weight excluding hydrogens is 665 g/mol. The Morgan fingerprint density at radius 2 is 1.81 bits per heavy atom. The summed E-state index contributed by atoms with van der Waals surface area (Å²) >= 11 is 20.2.